The Bertz CT molecular complexity index is 763. The predicted molar refractivity (Wildman–Crippen MR) is 107 cm³/mol. The van der Waals surface area contributed by atoms with Crippen molar-refractivity contribution in [3.8, 4) is 5.06 Å². The van der Waals surface area contributed by atoms with E-state index < -0.39 is 0 Å². The summed E-state index contributed by atoms with van der Waals surface area (Å²) in [5.41, 5.74) is 0. The van der Waals surface area contributed by atoms with Crippen molar-refractivity contribution in [2.75, 3.05) is 31.6 Å². The molecule has 3 rings (SSSR count). The molecule has 3 heterocycles. The number of aromatic nitrogens is 1. The fraction of sp³-hybridized carbons (Fsp3) is 0.500. The summed E-state index contributed by atoms with van der Waals surface area (Å²) in [6.07, 6.45) is 2.42. The van der Waals surface area contributed by atoms with Gasteiger partial charge in [-0.3, -0.25) is 14.5 Å². The van der Waals surface area contributed by atoms with Crippen LogP contribution < -0.4 is 15.4 Å². The van der Waals surface area contributed by atoms with Crippen molar-refractivity contribution in [3.05, 3.63) is 28.6 Å². The molecule has 2 aromatic rings. The number of carbonyl (C=O) groups excluding carboxylic acids is 2. The van der Waals surface area contributed by atoms with Gasteiger partial charge in [-0.25, -0.2) is 4.98 Å². The van der Waals surface area contributed by atoms with Crippen LogP contribution in [0.15, 0.2) is 23.7 Å². The minimum atomic E-state index is -0.0959. The van der Waals surface area contributed by atoms with Gasteiger partial charge in [0.15, 0.2) is 10.2 Å². The predicted octanol–water partition coefficient (Wildman–Crippen LogP) is 2.74. The minimum absolute atomic E-state index is 0.0386. The first-order valence-corrected chi connectivity index (χ1v) is 10.7. The van der Waals surface area contributed by atoms with Gasteiger partial charge in [-0.15, -0.1) is 22.7 Å². The van der Waals surface area contributed by atoms with Crippen molar-refractivity contribution in [2.45, 2.75) is 26.3 Å². The Balaban J connectivity index is 1.44. The lowest BCUT2D eigenvalue weighted by Crippen LogP contribution is -2.36. The fourth-order valence-electron chi connectivity index (χ4n) is 3.03. The van der Waals surface area contributed by atoms with Gasteiger partial charge in [-0.05, 0) is 38.9 Å². The molecule has 7 nitrogen and oxygen atoms in total. The molecule has 1 aliphatic rings. The number of ether oxygens (including phenoxy) is 1. The Morgan fingerprint density at radius 1 is 1.44 bits per heavy atom. The molecule has 2 aromatic heterocycles. The van der Waals surface area contributed by atoms with Crippen LogP contribution in [0.3, 0.4) is 0 Å². The largest absolute Gasteiger partial charge is 0.484 e. The Morgan fingerprint density at radius 3 is 3.04 bits per heavy atom. The minimum Gasteiger partial charge on any atom is -0.484 e. The zero-order chi connectivity index (χ0) is 19.2. The first kappa shape index (κ1) is 19.8. The maximum absolute atomic E-state index is 12.6. The van der Waals surface area contributed by atoms with E-state index in [2.05, 4.69) is 15.6 Å². The molecule has 0 spiro atoms. The summed E-state index contributed by atoms with van der Waals surface area (Å²) >= 11 is 2.95. The second-order valence-corrected chi connectivity index (χ2v) is 8.40. The second-order valence-electron chi connectivity index (χ2n) is 6.43. The average Bonchev–Trinajstić information content (AvgIpc) is 3.36. The lowest BCUT2D eigenvalue weighted by molar-refractivity contribution is -0.125. The number of amides is 2. The van der Waals surface area contributed by atoms with Crippen LogP contribution in [0.25, 0.3) is 0 Å². The number of thiophene rings is 1. The molecule has 2 N–H and O–H groups in total. The molecule has 0 aromatic carbocycles. The van der Waals surface area contributed by atoms with E-state index in [0.717, 1.165) is 22.9 Å². The SMILES string of the molecule is CCOc1ccc([C@@H](C)NC(=O)[C@@H]2CCN(CC(=O)Nc3nccs3)C2)s1. The molecule has 9 heteroatoms. The van der Waals surface area contributed by atoms with E-state index in [1.807, 2.05) is 36.3 Å². The highest BCUT2D eigenvalue weighted by atomic mass is 32.1. The molecule has 2 amide bonds. The molecule has 0 aliphatic carbocycles. The second kappa shape index (κ2) is 9.29. The van der Waals surface area contributed by atoms with E-state index >= 15 is 0 Å². The molecule has 0 radical (unpaired) electrons. The molecule has 1 aliphatic heterocycles. The number of thiazole rings is 1. The van der Waals surface area contributed by atoms with Gasteiger partial charge in [0, 0.05) is 23.0 Å². The fourth-order valence-corrected chi connectivity index (χ4v) is 4.49. The van der Waals surface area contributed by atoms with Crippen molar-refractivity contribution < 1.29 is 14.3 Å². The molecule has 2 atom stereocenters. The molecule has 1 fully saturated rings. The Labute approximate surface area is 166 Å². The summed E-state index contributed by atoms with van der Waals surface area (Å²) in [5, 5.41) is 9.15. The van der Waals surface area contributed by atoms with Gasteiger partial charge >= 0.3 is 0 Å². The van der Waals surface area contributed by atoms with Crippen molar-refractivity contribution in [2.24, 2.45) is 5.92 Å². The maximum atomic E-state index is 12.6. The molecule has 27 heavy (non-hydrogen) atoms. The number of carbonyl (C=O) groups is 2. The van der Waals surface area contributed by atoms with E-state index in [0.29, 0.717) is 18.3 Å². The highest BCUT2D eigenvalue weighted by Crippen LogP contribution is 2.29. The number of likely N-dealkylation sites (tertiary alicyclic amines) is 1. The Kier molecular flexibility index (Phi) is 6.81. The molecule has 0 bridgehead atoms. The standard InChI is InChI=1S/C18H24N4O3S2/c1-3-25-16-5-4-14(27-16)12(2)20-17(24)13-6-8-22(10-13)11-15(23)21-18-19-7-9-26-18/h4-5,7,9,12-13H,3,6,8,10-11H2,1-2H3,(H,20,24)(H,19,21,23)/t12-,13-/m1/s1. The molecule has 0 unspecified atom stereocenters. The summed E-state index contributed by atoms with van der Waals surface area (Å²) in [6.45, 7) is 6.18. The van der Waals surface area contributed by atoms with Crippen LogP contribution in [0, 0.1) is 5.92 Å². The third-order valence-corrected chi connectivity index (χ3v) is 6.23. The summed E-state index contributed by atoms with van der Waals surface area (Å²) in [4.78, 5) is 31.8. The molecular formula is C18H24N4O3S2. The lowest BCUT2D eigenvalue weighted by Gasteiger charge is -2.17. The van der Waals surface area contributed by atoms with E-state index in [4.69, 9.17) is 4.74 Å². The number of hydrogen-bond acceptors (Lipinski definition) is 7. The Morgan fingerprint density at radius 2 is 2.30 bits per heavy atom. The number of hydrogen-bond donors (Lipinski definition) is 2. The van der Waals surface area contributed by atoms with Crippen LogP contribution in [0.2, 0.25) is 0 Å². The van der Waals surface area contributed by atoms with Gasteiger partial charge in [0.1, 0.15) is 0 Å². The van der Waals surface area contributed by atoms with Crippen molar-refractivity contribution >= 4 is 39.6 Å². The van der Waals surface area contributed by atoms with Crippen LogP contribution in [0.5, 0.6) is 5.06 Å². The smallest absolute Gasteiger partial charge is 0.240 e. The summed E-state index contributed by atoms with van der Waals surface area (Å²) in [5.74, 6) is -0.149. The van der Waals surface area contributed by atoms with Crippen molar-refractivity contribution in [1.29, 1.82) is 0 Å². The van der Waals surface area contributed by atoms with Crippen molar-refractivity contribution in [3.63, 3.8) is 0 Å². The number of anilines is 1. The van der Waals surface area contributed by atoms with Crippen LogP contribution in [0.4, 0.5) is 5.13 Å². The van der Waals surface area contributed by atoms with Gasteiger partial charge in [0.2, 0.25) is 11.8 Å². The monoisotopic (exact) mass is 408 g/mol. The third-order valence-electron chi connectivity index (χ3n) is 4.36. The highest BCUT2D eigenvalue weighted by molar-refractivity contribution is 7.14. The van der Waals surface area contributed by atoms with Crippen LogP contribution in [0.1, 0.15) is 31.2 Å². The molecule has 1 saturated heterocycles. The van der Waals surface area contributed by atoms with Crippen LogP contribution in [-0.4, -0.2) is 47.9 Å². The normalized spacial score (nSPS) is 18.2. The number of rotatable bonds is 8. The summed E-state index contributed by atoms with van der Waals surface area (Å²) in [6, 6.07) is 3.87. The first-order valence-electron chi connectivity index (χ1n) is 8.99. The van der Waals surface area contributed by atoms with Gasteiger partial charge in [-0.1, -0.05) is 0 Å². The van der Waals surface area contributed by atoms with Crippen LogP contribution in [-0.2, 0) is 9.59 Å². The van der Waals surface area contributed by atoms with Gasteiger partial charge in [0.25, 0.3) is 0 Å². The lowest BCUT2D eigenvalue weighted by atomic mass is 10.1. The zero-order valence-corrected chi connectivity index (χ0v) is 17.1. The Hall–Kier alpha value is -1.97. The summed E-state index contributed by atoms with van der Waals surface area (Å²) in [7, 11) is 0. The van der Waals surface area contributed by atoms with Gasteiger partial charge in [0.05, 0.1) is 25.1 Å². The summed E-state index contributed by atoms with van der Waals surface area (Å²) < 4.78 is 5.49. The van der Waals surface area contributed by atoms with E-state index in [9.17, 15) is 9.59 Å². The third kappa shape index (κ3) is 5.50. The topological polar surface area (TPSA) is 83.6 Å². The van der Waals surface area contributed by atoms with Crippen LogP contribution >= 0.6 is 22.7 Å². The quantitative estimate of drug-likeness (QED) is 0.702. The molecule has 146 valence electrons. The molecule has 0 saturated carbocycles. The number of nitrogens with one attached hydrogen (secondary N) is 2. The molecular weight excluding hydrogens is 384 g/mol. The zero-order valence-electron chi connectivity index (χ0n) is 15.4. The number of nitrogens with zero attached hydrogens (tertiary/aromatic N) is 2. The van der Waals surface area contributed by atoms with Crippen molar-refractivity contribution in [1.82, 2.24) is 15.2 Å². The van der Waals surface area contributed by atoms with E-state index in [1.165, 1.54) is 11.3 Å². The van der Waals surface area contributed by atoms with E-state index in [-0.39, 0.29) is 30.3 Å². The highest BCUT2D eigenvalue weighted by Gasteiger charge is 2.30. The van der Waals surface area contributed by atoms with Gasteiger partial charge in [-0.2, -0.15) is 0 Å². The van der Waals surface area contributed by atoms with E-state index in [1.54, 1.807) is 17.5 Å². The maximum Gasteiger partial charge on any atom is 0.240 e. The average molecular weight is 409 g/mol. The first-order chi connectivity index (χ1) is 13.0. The van der Waals surface area contributed by atoms with Gasteiger partial charge < -0.3 is 15.4 Å².